The number of rotatable bonds is 8. The minimum absolute atomic E-state index is 0.233. The zero-order valence-electron chi connectivity index (χ0n) is 20.5. The number of hydrogen-bond acceptors (Lipinski definition) is 7. The Bertz CT molecular complexity index is 1170. The van der Waals surface area contributed by atoms with Crippen molar-refractivity contribution in [2.75, 3.05) is 51.8 Å². The van der Waals surface area contributed by atoms with Gasteiger partial charge in [-0.05, 0) is 87.5 Å². The summed E-state index contributed by atoms with van der Waals surface area (Å²) in [6.45, 7) is 8.10. The third kappa shape index (κ3) is 5.49. The molecule has 0 bridgehead atoms. The molecule has 2 fully saturated rings. The van der Waals surface area contributed by atoms with Crippen LogP contribution < -0.4 is 20.1 Å². The summed E-state index contributed by atoms with van der Waals surface area (Å²) in [4.78, 5) is 11.4. The van der Waals surface area contributed by atoms with Gasteiger partial charge in [-0.15, -0.1) is 0 Å². The molecule has 0 amide bonds. The third-order valence-corrected chi connectivity index (χ3v) is 7.29. The van der Waals surface area contributed by atoms with Gasteiger partial charge in [0, 0.05) is 30.2 Å². The number of nitrogens with zero attached hydrogens (tertiary/aromatic N) is 3. The van der Waals surface area contributed by atoms with E-state index in [4.69, 9.17) is 9.47 Å². The Hall–Kier alpha value is -2.97. The van der Waals surface area contributed by atoms with Gasteiger partial charge in [0.15, 0.2) is 11.5 Å². The first-order chi connectivity index (χ1) is 17.1. The van der Waals surface area contributed by atoms with Crippen LogP contribution in [0.4, 0.5) is 15.9 Å². The average Bonchev–Trinajstić information content (AvgIpc) is 2.88. The summed E-state index contributed by atoms with van der Waals surface area (Å²) in [6, 6.07) is 8.70. The number of aryl methyl sites for hydroxylation is 1. The summed E-state index contributed by atoms with van der Waals surface area (Å²) in [7, 11) is 1.64. The van der Waals surface area contributed by atoms with E-state index in [-0.39, 0.29) is 5.82 Å². The number of aromatic nitrogens is 2. The van der Waals surface area contributed by atoms with Crippen LogP contribution in [0.15, 0.2) is 36.7 Å². The fraction of sp³-hybridized carbons (Fsp3) is 0.481. The molecule has 5 rings (SSSR count). The summed E-state index contributed by atoms with van der Waals surface area (Å²) in [5.74, 6) is 3.40. The predicted octanol–water partition coefficient (Wildman–Crippen LogP) is 4.53. The van der Waals surface area contributed by atoms with Crippen LogP contribution in [0.1, 0.15) is 24.8 Å². The Kier molecular flexibility index (Phi) is 7.29. The van der Waals surface area contributed by atoms with Gasteiger partial charge in [-0.25, -0.2) is 14.4 Å². The van der Waals surface area contributed by atoms with Crippen molar-refractivity contribution >= 4 is 22.4 Å². The number of hydrogen-bond donors (Lipinski definition) is 2. The van der Waals surface area contributed by atoms with Gasteiger partial charge in [-0.3, -0.25) is 0 Å². The highest BCUT2D eigenvalue weighted by molar-refractivity contribution is 5.93. The monoisotopic (exact) mass is 479 g/mol. The summed E-state index contributed by atoms with van der Waals surface area (Å²) in [5, 5.41) is 7.65. The van der Waals surface area contributed by atoms with Gasteiger partial charge >= 0.3 is 0 Å². The van der Waals surface area contributed by atoms with E-state index in [1.807, 2.05) is 12.1 Å². The fourth-order valence-electron chi connectivity index (χ4n) is 5.31. The number of halogens is 1. The Balaban J connectivity index is 1.25. The van der Waals surface area contributed by atoms with Gasteiger partial charge in [0.05, 0.1) is 19.2 Å². The van der Waals surface area contributed by atoms with Gasteiger partial charge in [0.1, 0.15) is 18.0 Å². The van der Waals surface area contributed by atoms with Gasteiger partial charge in [0.25, 0.3) is 0 Å². The minimum atomic E-state index is -0.233. The van der Waals surface area contributed by atoms with Crippen LogP contribution in [-0.2, 0) is 0 Å². The lowest BCUT2D eigenvalue weighted by atomic mass is 9.81. The van der Waals surface area contributed by atoms with Crippen molar-refractivity contribution in [3.05, 3.63) is 48.0 Å². The van der Waals surface area contributed by atoms with Gasteiger partial charge < -0.3 is 25.0 Å². The SMILES string of the molecule is COc1cc2ncnc(Nc3ccc(F)c(C)c3)c2cc1OCCCN1CCC2CCNCC2C1. The lowest BCUT2D eigenvalue weighted by Gasteiger charge is -2.41. The molecular weight excluding hydrogens is 445 g/mol. The third-order valence-electron chi connectivity index (χ3n) is 7.29. The van der Waals surface area contributed by atoms with Crippen LogP contribution in [0, 0.1) is 24.6 Å². The largest absolute Gasteiger partial charge is 0.493 e. The Morgan fingerprint density at radius 2 is 2.06 bits per heavy atom. The molecule has 2 aliphatic rings. The van der Waals surface area contributed by atoms with E-state index < -0.39 is 0 Å². The molecule has 0 spiro atoms. The van der Waals surface area contributed by atoms with Crippen LogP contribution >= 0.6 is 0 Å². The van der Waals surface area contributed by atoms with E-state index in [1.54, 1.807) is 26.2 Å². The highest BCUT2D eigenvalue weighted by Gasteiger charge is 2.30. The summed E-state index contributed by atoms with van der Waals surface area (Å²) >= 11 is 0. The van der Waals surface area contributed by atoms with Crippen molar-refractivity contribution in [3.8, 4) is 11.5 Å². The van der Waals surface area contributed by atoms with E-state index in [2.05, 4.69) is 25.5 Å². The van der Waals surface area contributed by atoms with Crippen LogP contribution in [0.25, 0.3) is 10.9 Å². The molecule has 0 radical (unpaired) electrons. The normalized spacial score (nSPS) is 20.4. The second kappa shape index (κ2) is 10.7. The quantitative estimate of drug-likeness (QED) is 0.460. The topological polar surface area (TPSA) is 71.5 Å². The van der Waals surface area contributed by atoms with Crippen molar-refractivity contribution in [2.24, 2.45) is 11.8 Å². The van der Waals surface area contributed by atoms with Crippen molar-refractivity contribution < 1.29 is 13.9 Å². The standard InChI is InChI=1S/C27H34FN5O2/c1-18-12-21(4-5-23(18)28)32-27-22-13-26(25(34-2)14-24(22)30-17-31-27)35-11-3-9-33-10-7-19-6-8-29-15-20(19)16-33/h4-5,12-14,17,19-20,29H,3,6-11,15-16H2,1-2H3,(H,30,31,32). The number of anilines is 2. The highest BCUT2D eigenvalue weighted by atomic mass is 19.1. The van der Waals surface area contributed by atoms with Gasteiger partial charge in [-0.1, -0.05) is 0 Å². The molecule has 186 valence electrons. The number of fused-ring (bicyclic) bond motifs is 2. The minimum Gasteiger partial charge on any atom is -0.493 e. The molecule has 3 aromatic rings. The lowest BCUT2D eigenvalue weighted by molar-refractivity contribution is 0.0914. The van der Waals surface area contributed by atoms with Crippen molar-refractivity contribution in [3.63, 3.8) is 0 Å². The summed E-state index contributed by atoms with van der Waals surface area (Å²) < 4.78 is 25.4. The van der Waals surface area contributed by atoms with Gasteiger partial charge in [0.2, 0.25) is 0 Å². The maximum absolute atomic E-state index is 13.7. The molecule has 0 aliphatic carbocycles. The number of methoxy groups -OCH3 is 1. The van der Waals surface area contributed by atoms with Crippen LogP contribution in [0.5, 0.6) is 11.5 Å². The molecule has 2 saturated heterocycles. The highest BCUT2D eigenvalue weighted by Crippen LogP contribution is 2.35. The van der Waals surface area contributed by atoms with E-state index in [1.165, 1.54) is 44.9 Å². The fourth-order valence-corrected chi connectivity index (χ4v) is 5.31. The van der Waals surface area contributed by atoms with E-state index in [0.717, 1.165) is 47.9 Å². The molecule has 3 heterocycles. The number of nitrogens with one attached hydrogen (secondary N) is 2. The molecule has 2 N–H and O–H groups in total. The lowest BCUT2D eigenvalue weighted by Crippen LogP contribution is -2.48. The van der Waals surface area contributed by atoms with Crippen LogP contribution in [0.2, 0.25) is 0 Å². The molecular formula is C27H34FN5O2. The summed E-state index contributed by atoms with van der Waals surface area (Å²) in [6.07, 6.45) is 5.10. The Morgan fingerprint density at radius 3 is 2.91 bits per heavy atom. The molecule has 35 heavy (non-hydrogen) atoms. The molecule has 7 nitrogen and oxygen atoms in total. The second-order valence-corrected chi connectivity index (χ2v) is 9.64. The van der Waals surface area contributed by atoms with Crippen LogP contribution in [-0.4, -0.2) is 61.3 Å². The second-order valence-electron chi connectivity index (χ2n) is 9.64. The van der Waals surface area contributed by atoms with E-state index in [9.17, 15) is 4.39 Å². The van der Waals surface area contributed by atoms with E-state index >= 15 is 0 Å². The van der Waals surface area contributed by atoms with Gasteiger partial charge in [-0.2, -0.15) is 0 Å². The van der Waals surface area contributed by atoms with Crippen molar-refractivity contribution in [1.29, 1.82) is 0 Å². The number of benzene rings is 2. The number of ether oxygens (including phenoxy) is 2. The first-order valence-corrected chi connectivity index (χ1v) is 12.5. The van der Waals surface area contributed by atoms with E-state index in [0.29, 0.717) is 29.5 Å². The zero-order chi connectivity index (χ0) is 24.2. The molecule has 2 atom stereocenters. The van der Waals surface area contributed by atoms with Crippen molar-refractivity contribution in [1.82, 2.24) is 20.2 Å². The van der Waals surface area contributed by atoms with Crippen molar-refractivity contribution in [2.45, 2.75) is 26.2 Å². The zero-order valence-corrected chi connectivity index (χ0v) is 20.5. The van der Waals surface area contributed by atoms with Crippen LogP contribution in [0.3, 0.4) is 0 Å². The Labute approximate surface area is 206 Å². The first-order valence-electron chi connectivity index (χ1n) is 12.5. The molecule has 2 aromatic carbocycles. The molecule has 1 aromatic heterocycles. The average molecular weight is 480 g/mol. The first kappa shape index (κ1) is 23.8. The molecule has 8 heteroatoms. The number of piperidine rings is 2. The maximum Gasteiger partial charge on any atom is 0.162 e. The Morgan fingerprint density at radius 1 is 1.14 bits per heavy atom. The molecule has 2 unspecified atom stereocenters. The molecule has 0 saturated carbocycles. The maximum atomic E-state index is 13.7. The predicted molar refractivity (Wildman–Crippen MR) is 136 cm³/mol. The molecule has 2 aliphatic heterocycles. The smallest absolute Gasteiger partial charge is 0.162 e. The number of likely N-dealkylation sites (tertiary alicyclic amines) is 1. The summed E-state index contributed by atoms with van der Waals surface area (Å²) in [5.41, 5.74) is 2.08.